The van der Waals surface area contributed by atoms with E-state index in [2.05, 4.69) is 44.0 Å². The van der Waals surface area contributed by atoms with Gasteiger partial charge in [-0.25, -0.2) is 0 Å². The zero-order valence-electron chi connectivity index (χ0n) is 8.67. The van der Waals surface area contributed by atoms with Crippen LogP contribution in [0.2, 0.25) is 0 Å². The number of fused-ring (bicyclic) bond motifs is 1. The van der Waals surface area contributed by atoms with Crippen molar-refractivity contribution in [3.63, 3.8) is 0 Å². The predicted octanol–water partition coefficient (Wildman–Crippen LogP) is 2.37. The van der Waals surface area contributed by atoms with E-state index in [-0.39, 0.29) is 0 Å². The maximum absolute atomic E-state index is 2.41. The molecular formula is C12H17N. The fraction of sp³-hybridized carbons (Fsp3) is 0.500. The number of hydrogen-bond donors (Lipinski definition) is 0. The Labute approximate surface area is 80.4 Å². The molecule has 1 heteroatoms. The van der Waals surface area contributed by atoms with Gasteiger partial charge in [-0.2, -0.15) is 0 Å². The Morgan fingerprint density at radius 2 is 2.08 bits per heavy atom. The second-order valence-electron chi connectivity index (χ2n) is 4.24. The summed E-state index contributed by atoms with van der Waals surface area (Å²) in [5.74, 6) is 0. The van der Waals surface area contributed by atoms with Gasteiger partial charge in [-0.15, -0.1) is 0 Å². The number of benzene rings is 1. The van der Waals surface area contributed by atoms with Crippen molar-refractivity contribution in [2.75, 3.05) is 7.05 Å². The zero-order chi connectivity index (χ0) is 9.42. The Morgan fingerprint density at radius 1 is 1.31 bits per heavy atom. The smallest absolute Gasteiger partial charge is 0.0236 e. The molecule has 0 radical (unpaired) electrons. The van der Waals surface area contributed by atoms with Crippen LogP contribution in [0.3, 0.4) is 0 Å². The van der Waals surface area contributed by atoms with E-state index < -0.39 is 0 Å². The Bertz CT molecular complexity index is 317. The summed E-state index contributed by atoms with van der Waals surface area (Å²) in [7, 11) is 2.20. The molecule has 0 N–H and O–H groups in total. The van der Waals surface area contributed by atoms with Crippen LogP contribution in [0.4, 0.5) is 0 Å². The van der Waals surface area contributed by atoms with Gasteiger partial charge < -0.3 is 0 Å². The van der Waals surface area contributed by atoms with Crippen molar-refractivity contribution >= 4 is 0 Å². The number of hydrogen-bond acceptors (Lipinski definition) is 1. The molecule has 1 aromatic rings. The second kappa shape index (κ2) is 3.15. The largest absolute Gasteiger partial charge is 0.299 e. The van der Waals surface area contributed by atoms with Crippen LogP contribution in [0, 0.1) is 6.92 Å². The zero-order valence-corrected chi connectivity index (χ0v) is 8.67. The van der Waals surface area contributed by atoms with Crippen molar-refractivity contribution in [2.24, 2.45) is 0 Å². The average Bonchev–Trinajstić information content (AvgIpc) is 2.08. The molecule has 0 saturated carbocycles. The van der Waals surface area contributed by atoms with Gasteiger partial charge in [-0.05, 0) is 38.4 Å². The minimum absolute atomic E-state index is 0.689. The second-order valence-corrected chi connectivity index (χ2v) is 4.24. The molecule has 1 nitrogen and oxygen atoms in total. The lowest BCUT2D eigenvalue weighted by molar-refractivity contribution is 0.231. The standard InChI is InChI=1S/C12H17N/c1-9-4-5-11-8-13(3)10(2)7-12(11)6-9/h4-6,10H,7-8H2,1-3H3. The summed E-state index contributed by atoms with van der Waals surface area (Å²) in [5.41, 5.74) is 4.44. The number of aryl methyl sites for hydroxylation is 1. The van der Waals surface area contributed by atoms with Gasteiger partial charge in [0.2, 0.25) is 0 Å². The van der Waals surface area contributed by atoms with Crippen LogP contribution in [-0.2, 0) is 13.0 Å². The van der Waals surface area contributed by atoms with Crippen LogP contribution >= 0.6 is 0 Å². The van der Waals surface area contributed by atoms with Gasteiger partial charge in [0.15, 0.2) is 0 Å². The van der Waals surface area contributed by atoms with Gasteiger partial charge in [0.1, 0.15) is 0 Å². The van der Waals surface area contributed by atoms with Crippen LogP contribution < -0.4 is 0 Å². The first kappa shape index (κ1) is 8.76. The molecule has 0 amide bonds. The summed E-state index contributed by atoms with van der Waals surface area (Å²) in [6.07, 6.45) is 1.20. The first-order chi connectivity index (χ1) is 6.16. The summed E-state index contributed by atoms with van der Waals surface area (Å²) in [5, 5.41) is 0. The highest BCUT2D eigenvalue weighted by molar-refractivity contribution is 5.33. The molecule has 13 heavy (non-hydrogen) atoms. The maximum atomic E-state index is 2.41. The molecule has 0 fully saturated rings. The first-order valence-electron chi connectivity index (χ1n) is 4.95. The SMILES string of the molecule is Cc1ccc2c(c1)CC(C)N(C)C2. The van der Waals surface area contributed by atoms with Gasteiger partial charge in [0.25, 0.3) is 0 Å². The summed E-state index contributed by atoms with van der Waals surface area (Å²) in [4.78, 5) is 2.41. The van der Waals surface area contributed by atoms with Crippen LogP contribution in [0.1, 0.15) is 23.6 Å². The summed E-state index contributed by atoms with van der Waals surface area (Å²) in [6.45, 7) is 5.57. The van der Waals surface area contributed by atoms with Gasteiger partial charge in [-0.3, -0.25) is 4.90 Å². The molecule has 1 heterocycles. The van der Waals surface area contributed by atoms with E-state index in [0.717, 1.165) is 6.54 Å². The summed E-state index contributed by atoms with van der Waals surface area (Å²) >= 11 is 0. The fourth-order valence-electron chi connectivity index (χ4n) is 2.00. The molecule has 1 unspecified atom stereocenters. The highest BCUT2D eigenvalue weighted by atomic mass is 15.1. The maximum Gasteiger partial charge on any atom is 0.0236 e. The normalized spacial score (nSPS) is 22.8. The van der Waals surface area contributed by atoms with Crippen LogP contribution in [0.15, 0.2) is 18.2 Å². The Hall–Kier alpha value is -0.820. The van der Waals surface area contributed by atoms with E-state index in [9.17, 15) is 0 Å². The van der Waals surface area contributed by atoms with Crippen molar-refractivity contribution < 1.29 is 0 Å². The van der Waals surface area contributed by atoms with Gasteiger partial charge in [0.05, 0.1) is 0 Å². The molecule has 70 valence electrons. The van der Waals surface area contributed by atoms with Crippen molar-refractivity contribution in [2.45, 2.75) is 32.9 Å². The van der Waals surface area contributed by atoms with E-state index in [1.807, 2.05) is 0 Å². The number of likely N-dealkylation sites (N-methyl/N-ethyl adjacent to an activating group) is 1. The van der Waals surface area contributed by atoms with Gasteiger partial charge >= 0.3 is 0 Å². The molecule has 0 bridgehead atoms. The minimum Gasteiger partial charge on any atom is -0.299 e. The fourth-order valence-corrected chi connectivity index (χ4v) is 2.00. The topological polar surface area (TPSA) is 3.24 Å². The quantitative estimate of drug-likeness (QED) is 0.585. The molecular weight excluding hydrogens is 158 g/mol. The Kier molecular flexibility index (Phi) is 2.12. The van der Waals surface area contributed by atoms with Crippen LogP contribution in [0.5, 0.6) is 0 Å². The lowest BCUT2D eigenvalue weighted by Gasteiger charge is -2.31. The van der Waals surface area contributed by atoms with E-state index in [0.29, 0.717) is 6.04 Å². The molecule has 1 aliphatic heterocycles. The number of rotatable bonds is 0. The molecule has 1 aliphatic rings. The molecule has 1 aromatic carbocycles. The van der Waals surface area contributed by atoms with Crippen LogP contribution in [0.25, 0.3) is 0 Å². The first-order valence-corrected chi connectivity index (χ1v) is 4.95. The summed E-state index contributed by atoms with van der Waals surface area (Å²) < 4.78 is 0. The van der Waals surface area contributed by atoms with Gasteiger partial charge in [-0.1, -0.05) is 23.8 Å². The number of nitrogens with zero attached hydrogens (tertiary/aromatic N) is 1. The predicted molar refractivity (Wildman–Crippen MR) is 55.8 cm³/mol. The van der Waals surface area contributed by atoms with E-state index in [1.54, 1.807) is 5.56 Å². The third kappa shape index (κ3) is 1.61. The van der Waals surface area contributed by atoms with E-state index in [1.165, 1.54) is 17.5 Å². The molecule has 0 saturated heterocycles. The third-order valence-corrected chi connectivity index (χ3v) is 3.05. The molecule has 0 aliphatic carbocycles. The Balaban J connectivity index is 2.37. The monoisotopic (exact) mass is 175 g/mol. The van der Waals surface area contributed by atoms with E-state index in [4.69, 9.17) is 0 Å². The van der Waals surface area contributed by atoms with Gasteiger partial charge in [0, 0.05) is 12.6 Å². The van der Waals surface area contributed by atoms with Crippen molar-refractivity contribution in [1.29, 1.82) is 0 Å². The van der Waals surface area contributed by atoms with E-state index >= 15 is 0 Å². The molecule has 0 aromatic heterocycles. The average molecular weight is 175 g/mol. The lowest BCUT2D eigenvalue weighted by Crippen LogP contribution is -2.34. The lowest BCUT2D eigenvalue weighted by atomic mass is 9.94. The molecule has 1 atom stereocenters. The van der Waals surface area contributed by atoms with Crippen LogP contribution in [-0.4, -0.2) is 18.0 Å². The van der Waals surface area contributed by atoms with Crippen molar-refractivity contribution in [3.05, 3.63) is 34.9 Å². The summed E-state index contributed by atoms with van der Waals surface area (Å²) in [6, 6.07) is 7.50. The minimum atomic E-state index is 0.689. The van der Waals surface area contributed by atoms with Crippen molar-refractivity contribution in [1.82, 2.24) is 4.90 Å². The van der Waals surface area contributed by atoms with Crippen molar-refractivity contribution in [3.8, 4) is 0 Å². The molecule has 0 spiro atoms. The Morgan fingerprint density at radius 3 is 2.85 bits per heavy atom. The molecule has 2 rings (SSSR count). The third-order valence-electron chi connectivity index (χ3n) is 3.05. The highest BCUT2D eigenvalue weighted by Crippen LogP contribution is 2.22. The highest BCUT2D eigenvalue weighted by Gasteiger charge is 2.18.